The minimum atomic E-state index is -3.54. The monoisotopic (exact) mass is 232 g/mol. The van der Waals surface area contributed by atoms with E-state index in [2.05, 4.69) is 14.9 Å². The van der Waals surface area contributed by atoms with Gasteiger partial charge in [-0.2, -0.15) is 5.10 Å². The SMILES string of the molecule is CC(CN)S(=O)(=O)Nc1ccc(=O)[nH]n1. The lowest BCUT2D eigenvalue weighted by molar-refractivity contribution is 0.589. The summed E-state index contributed by atoms with van der Waals surface area (Å²) in [6, 6.07) is 2.46. The third-order valence-corrected chi connectivity index (χ3v) is 3.53. The van der Waals surface area contributed by atoms with Crippen molar-refractivity contribution in [3.8, 4) is 0 Å². The summed E-state index contributed by atoms with van der Waals surface area (Å²) in [5, 5.41) is 4.91. The van der Waals surface area contributed by atoms with Crippen LogP contribution in [0.4, 0.5) is 5.82 Å². The molecule has 1 unspecified atom stereocenters. The van der Waals surface area contributed by atoms with Gasteiger partial charge in [0, 0.05) is 12.6 Å². The first-order valence-corrected chi connectivity index (χ1v) is 5.78. The number of hydrogen-bond donors (Lipinski definition) is 3. The van der Waals surface area contributed by atoms with E-state index >= 15 is 0 Å². The number of nitrogens with one attached hydrogen (secondary N) is 2. The zero-order chi connectivity index (χ0) is 11.5. The predicted molar refractivity (Wildman–Crippen MR) is 55.9 cm³/mol. The molecule has 0 aliphatic rings. The molecule has 0 saturated heterocycles. The highest BCUT2D eigenvalue weighted by atomic mass is 32.2. The molecule has 1 aromatic heterocycles. The van der Waals surface area contributed by atoms with Gasteiger partial charge in [0.1, 0.15) is 0 Å². The van der Waals surface area contributed by atoms with Crippen molar-refractivity contribution in [2.75, 3.05) is 11.3 Å². The summed E-state index contributed by atoms with van der Waals surface area (Å²) in [4.78, 5) is 10.7. The smallest absolute Gasteiger partial charge is 0.264 e. The fourth-order valence-electron chi connectivity index (χ4n) is 0.774. The quantitative estimate of drug-likeness (QED) is 0.606. The van der Waals surface area contributed by atoms with Gasteiger partial charge >= 0.3 is 0 Å². The molecule has 4 N–H and O–H groups in total. The van der Waals surface area contributed by atoms with E-state index in [0.29, 0.717) is 0 Å². The molecule has 1 atom stereocenters. The Balaban J connectivity index is 2.87. The molecule has 0 fully saturated rings. The van der Waals surface area contributed by atoms with Crippen molar-refractivity contribution in [3.05, 3.63) is 22.5 Å². The summed E-state index contributed by atoms with van der Waals surface area (Å²) in [6.45, 7) is 1.49. The summed E-state index contributed by atoms with van der Waals surface area (Å²) in [5.74, 6) is 0.0647. The number of H-pyrrole nitrogens is 1. The summed E-state index contributed by atoms with van der Waals surface area (Å²) in [5.41, 5.74) is 4.84. The van der Waals surface area contributed by atoms with Crippen LogP contribution < -0.4 is 16.0 Å². The Labute approximate surface area is 86.7 Å². The van der Waals surface area contributed by atoms with Crippen LogP contribution in [0.2, 0.25) is 0 Å². The van der Waals surface area contributed by atoms with Gasteiger partial charge in [0.15, 0.2) is 5.82 Å². The molecule has 1 aromatic rings. The minimum absolute atomic E-state index is 0.0126. The van der Waals surface area contributed by atoms with E-state index in [1.165, 1.54) is 19.1 Å². The van der Waals surface area contributed by atoms with Crippen molar-refractivity contribution < 1.29 is 8.42 Å². The van der Waals surface area contributed by atoms with Gasteiger partial charge in [-0.1, -0.05) is 0 Å². The Kier molecular flexibility index (Phi) is 3.43. The van der Waals surface area contributed by atoms with Gasteiger partial charge in [-0.3, -0.25) is 9.52 Å². The van der Waals surface area contributed by atoms with Crippen LogP contribution in [0.1, 0.15) is 6.92 Å². The molecule has 8 heteroatoms. The Hall–Kier alpha value is -1.41. The van der Waals surface area contributed by atoms with E-state index in [4.69, 9.17) is 5.73 Å². The molecular weight excluding hydrogens is 220 g/mol. The van der Waals surface area contributed by atoms with Gasteiger partial charge in [-0.05, 0) is 13.0 Å². The van der Waals surface area contributed by atoms with E-state index in [0.717, 1.165) is 0 Å². The highest BCUT2D eigenvalue weighted by molar-refractivity contribution is 7.93. The number of nitrogens with two attached hydrogens (primary N) is 1. The average molecular weight is 232 g/mol. The van der Waals surface area contributed by atoms with Crippen molar-refractivity contribution in [1.82, 2.24) is 10.2 Å². The first kappa shape index (κ1) is 11.7. The molecule has 0 bridgehead atoms. The van der Waals surface area contributed by atoms with E-state index < -0.39 is 20.8 Å². The molecule has 0 aliphatic carbocycles. The summed E-state index contributed by atoms with van der Waals surface area (Å²) < 4.78 is 25.2. The van der Waals surface area contributed by atoms with E-state index in [-0.39, 0.29) is 12.4 Å². The van der Waals surface area contributed by atoms with Crippen molar-refractivity contribution in [2.24, 2.45) is 5.73 Å². The van der Waals surface area contributed by atoms with Crippen molar-refractivity contribution >= 4 is 15.8 Å². The van der Waals surface area contributed by atoms with Crippen LogP contribution in [0, 0.1) is 0 Å². The molecule has 0 saturated carbocycles. The molecule has 84 valence electrons. The molecule has 1 rings (SSSR count). The van der Waals surface area contributed by atoms with Crippen LogP contribution in [-0.4, -0.2) is 30.4 Å². The zero-order valence-corrected chi connectivity index (χ0v) is 8.91. The highest BCUT2D eigenvalue weighted by Crippen LogP contribution is 2.05. The van der Waals surface area contributed by atoms with E-state index in [1.54, 1.807) is 0 Å². The maximum Gasteiger partial charge on any atom is 0.264 e. The Morgan fingerprint density at radius 3 is 2.73 bits per heavy atom. The van der Waals surface area contributed by atoms with Gasteiger partial charge in [0.2, 0.25) is 10.0 Å². The zero-order valence-electron chi connectivity index (χ0n) is 8.10. The van der Waals surface area contributed by atoms with Gasteiger partial charge in [0.05, 0.1) is 5.25 Å². The lowest BCUT2D eigenvalue weighted by atomic mass is 10.5. The van der Waals surface area contributed by atoms with Crippen LogP contribution in [-0.2, 0) is 10.0 Å². The number of nitrogens with zero attached hydrogens (tertiary/aromatic N) is 1. The largest absolute Gasteiger partial charge is 0.329 e. The van der Waals surface area contributed by atoms with Gasteiger partial charge in [-0.25, -0.2) is 13.5 Å². The van der Waals surface area contributed by atoms with Gasteiger partial charge in [0.25, 0.3) is 5.56 Å². The number of sulfonamides is 1. The Morgan fingerprint density at radius 1 is 1.60 bits per heavy atom. The lowest BCUT2D eigenvalue weighted by Crippen LogP contribution is -2.32. The number of rotatable bonds is 4. The normalized spacial score (nSPS) is 13.5. The fraction of sp³-hybridized carbons (Fsp3) is 0.429. The molecule has 0 aromatic carbocycles. The minimum Gasteiger partial charge on any atom is -0.329 e. The second-order valence-corrected chi connectivity index (χ2v) is 5.10. The third-order valence-electron chi connectivity index (χ3n) is 1.79. The second kappa shape index (κ2) is 4.41. The third kappa shape index (κ3) is 3.03. The highest BCUT2D eigenvalue weighted by Gasteiger charge is 2.19. The van der Waals surface area contributed by atoms with E-state index in [9.17, 15) is 13.2 Å². The van der Waals surface area contributed by atoms with E-state index in [1.807, 2.05) is 0 Å². The second-order valence-electron chi connectivity index (χ2n) is 3.00. The fourth-order valence-corrected chi connectivity index (χ4v) is 1.63. The molecule has 0 radical (unpaired) electrons. The molecule has 1 heterocycles. The van der Waals surface area contributed by atoms with Crippen molar-refractivity contribution in [3.63, 3.8) is 0 Å². The van der Waals surface area contributed by atoms with Crippen LogP contribution >= 0.6 is 0 Å². The lowest BCUT2D eigenvalue weighted by Gasteiger charge is -2.11. The Morgan fingerprint density at radius 2 is 2.27 bits per heavy atom. The molecule has 0 amide bonds. The van der Waals surface area contributed by atoms with Crippen molar-refractivity contribution in [2.45, 2.75) is 12.2 Å². The van der Waals surface area contributed by atoms with Crippen LogP contribution in [0.15, 0.2) is 16.9 Å². The average Bonchev–Trinajstić information content (AvgIpc) is 2.20. The first-order chi connectivity index (χ1) is 6.95. The maximum atomic E-state index is 11.5. The van der Waals surface area contributed by atoms with Crippen molar-refractivity contribution in [1.29, 1.82) is 0 Å². The Bertz CT molecular complexity index is 461. The molecular formula is C7H12N4O3S. The molecule has 15 heavy (non-hydrogen) atoms. The summed E-state index contributed by atoms with van der Waals surface area (Å²) in [7, 11) is -3.54. The number of anilines is 1. The maximum absolute atomic E-state index is 11.5. The number of aromatic nitrogens is 2. The molecule has 0 spiro atoms. The standard InChI is InChI=1S/C7H12N4O3S/c1-5(4-8)15(13,14)11-6-2-3-7(12)10-9-6/h2-3,5H,4,8H2,1H3,(H,9,11)(H,10,12). The topological polar surface area (TPSA) is 118 Å². The molecule has 7 nitrogen and oxygen atoms in total. The van der Waals surface area contributed by atoms with Crippen LogP contribution in [0.25, 0.3) is 0 Å². The van der Waals surface area contributed by atoms with Gasteiger partial charge < -0.3 is 5.73 Å². The summed E-state index contributed by atoms with van der Waals surface area (Å²) in [6.07, 6.45) is 0. The number of hydrogen-bond acceptors (Lipinski definition) is 5. The first-order valence-electron chi connectivity index (χ1n) is 4.23. The van der Waals surface area contributed by atoms with Gasteiger partial charge in [-0.15, -0.1) is 0 Å². The predicted octanol–water partition coefficient (Wildman–Crippen LogP) is -1.14. The van der Waals surface area contributed by atoms with Crippen LogP contribution in [0.3, 0.4) is 0 Å². The molecule has 0 aliphatic heterocycles. The summed E-state index contributed by atoms with van der Waals surface area (Å²) >= 11 is 0. The number of aromatic amines is 1. The van der Waals surface area contributed by atoms with Crippen LogP contribution in [0.5, 0.6) is 0 Å².